The minimum Gasteiger partial charge on any atom is -0.353 e. The maximum atomic E-state index is 13.4. The highest BCUT2D eigenvalue weighted by molar-refractivity contribution is 7.17. The van der Waals surface area contributed by atoms with Crippen molar-refractivity contribution in [3.8, 4) is 0 Å². The van der Waals surface area contributed by atoms with Gasteiger partial charge in [0.2, 0.25) is 11.9 Å². The van der Waals surface area contributed by atoms with Crippen LogP contribution in [0.5, 0.6) is 0 Å². The van der Waals surface area contributed by atoms with E-state index in [4.69, 9.17) is 4.98 Å². The zero-order valence-corrected chi connectivity index (χ0v) is 19.5. The molecule has 1 saturated heterocycles. The number of hydrogen-bond donors (Lipinski definition) is 1. The van der Waals surface area contributed by atoms with E-state index in [0.717, 1.165) is 37.8 Å². The predicted molar refractivity (Wildman–Crippen MR) is 129 cm³/mol. The number of halogens is 1. The Kier molecular flexibility index (Phi) is 6.44. The van der Waals surface area contributed by atoms with Crippen molar-refractivity contribution >= 4 is 33.4 Å². The third kappa shape index (κ3) is 4.81. The summed E-state index contributed by atoms with van der Waals surface area (Å²) >= 11 is 1.38. The van der Waals surface area contributed by atoms with Gasteiger partial charge in [0, 0.05) is 19.1 Å². The molecule has 0 bridgehead atoms. The number of fused-ring (bicyclic) bond motifs is 1. The van der Waals surface area contributed by atoms with Crippen LogP contribution in [0.25, 0.3) is 10.2 Å². The van der Waals surface area contributed by atoms with Gasteiger partial charge in [-0.25, -0.2) is 9.37 Å². The van der Waals surface area contributed by atoms with Crippen LogP contribution in [-0.2, 0) is 11.3 Å². The fourth-order valence-corrected chi connectivity index (χ4v) is 5.81. The SMILES string of the molecule is O=C(NC1CCCCC1)[C@@H]1CCCN(c2nc3ccsc3c(=O)n2Cc2ccc(F)cc2)C1. The Balaban J connectivity index is 1.42. The third-order valence-corrected chi connectivity index (χ3v) is 7.72. The third-order valence-electron chi connectivity index (χ3n) is 6.83. The van der Waals surface area contributed by atoms with E-state index < -0.39 is 0 Å². The lowest BCUT2D eigenvalue weighted by Crippen LogP contribution is -2.47. The lowest BCUT2D eigenvalue weighted by Gasteiger charge is -2.35. The molecule has 174 valence electrons. The average Bonchev–Trinajstić information content (AvgIpc) is 3.32. The largest absolute Gasteiger partial charge is 0.353 e. The van der Waals surface area contributed by atoms with E-state index in [-0.39, 0.29) is 23.2 Å². The number of carbonyl (C=O) groups is 1. The first-order chi connectivity index (χ1) is 16.1. The smallest absolute Gasteiger partial charge is 0.273 e. The zero-order valence-electron chi connectivity index (χ0n) is 18.6. The molecule has 1 aliphatic heterocycles. The van der Waals surface area contributed by atoms with E-state index in [1.165, 1.54) is 42.7 Å². The summed E-state index contributed by atoms with van der Waals surface area (Å²) < 4.78 is 15.7. The summed E-state index contributed by atoms with van der Waals surface area (Å²) in [7, 11) is 0. The molecular formula is C25H29FN4O2S. The van der Waals surface area contributed by atoms with Crippen molar-refractivity contribution in [3.63, 3.8) is 0 Å². The van der Waals surface area contributed by atoms with Crippen LogP contribution >= 0.6 is 11.3 Å². The number of carbonyl (C=O) groups excluding carboxylic acids is 1. The van der Waals surface area contributed by atoms with Gasteiger partial charge >= 0.3 is 0 Å². The maximum absolute atomic E-state index is 13.4. The Morgan fingerprint density at radius 2 is 1.88 bits per heavy atom. The van der Waals surface area contributed by atoms with Crippen LogP contribution in [0.4, 0.5) is 10.3 Å². The number of thiophene rings is 1. The molecule has 0 spiro atoms. The number of piperidine rings is 1. The molecule has 1 aliphatic carbocycles. The molecule has 1 saturated carbocycles. The van der Waals surface area contributed by atoms with Crippen LogP contribution in [0, 0.1) is 11.7 Å². The van der Waals surface area contributed by atoms with Crippen LogP contribution in [0.3, 0.4) is 0 Å². The van der Waals surface area contributed by atoms with Crippen molar-refractivity contribution in [2.24, 2.45) is 5.92 Å². The minimum absolute atomic E-state index is 0.0943. The Morgan fingerprint density at radius 1 is 1.09 bits per heavy atom. The molecule has 6 nitrogen and oxygen atoms in total. The topological polar surface area (TPSA) is 67.2 Å². The molecule has 33 heavy (non-hydrogen) atoms. The van der Waals surface area contributed by atoms with Gasteiger partial charge < -0.3 is 10.2 Å². The number of nitrogens with zero attached hydrogens (tertiary/aromatic N) is 3. The Bertz CT molecular complexity index is 1180. The average molecular weight is 469 g/mol. The number of benzene rings is 1. The van der Waals surface area contributed by atoms with Crippen molar-refractivity contribution in [1.29, 1.82) is 0 Å². The van der Waals surface area contributed by atoms with Gasteiger partial charge in [0.1, 0.15) is 10.5 Å². The Labute approximate surface area is 196 Å². The maximum Gasteiger partial charge on any atom is 0.273 e. The Hall–Kier alpha value is -2.74. The second-order valence-corrected chi connectivity index (χ2v) is 10.1. The molecule has 2 aromatic heterocycles. The van der Waals surface area contributed by atoms with E-state index in [0.29, 0.717) is 35.3 Å². The lowest BCUT2D eigenvalue weighted by molar-refractivity contribution is -0.126. The highest BCUT2D eigenvalue weighted by atomic mass is 32.1. The molecule has 3 heterocycles. The summed E-state index contributed by atoms with van der Waals surface area (Å²) in [6, 6.07) is 8.36. The molecule has 8 heteroatoms. The van der Waals surface area contributed by atoms with E-state index in [1.54, 1.807) is 16.7 Å². The van der Waals surface area contributed by atoms with Crippen molar-refractivity contribution in [1.82, 2.24) is 14.9 Å². The van der Waals surface area contributed by atoms with Gasteiger partial charge in [-0.2, -0.15) is 0 Å². The van der Waals surface area contributed by atoms with Crippen LogP contribution in [0.2, 0.25) is 0 Å². The van der Waals surface area contributed by atoms with Gasteiger partial charge in [0.05, 0.1) is 18.0 Å². The molecule has 2 fully saturated rings. The standard InChI is InChI=1S/C25H29FN4O2S/c26-19-10-8-17(9-11-19)15-30-24(32)22-21(12-14-33-22)28-25(30)29-13-4-5-18(16-29)23(31)27-20-6-2-1-3-7-20/h8-12,14,18,20H,1-7,13,15-16H2,(H,27,31)/t18-/m1/s1. The first kappa shape index (κ1) is 22.1. The molecule has 2 aliphatic rings. The number of nitrogens with one attached hydrogen (secondary N) is 1. The molecule has 0 radical (unpaired) electrons. The number of amides is 1. The molecule has 1 amide bonds. The lowest BCUT2D eigenvalue weighted by atomic mass is 9.93. The van der Waals surface area contributed by atoms with E-state index in [9.17, 15) is 14.0 Å². The van der Waals surface area contributed by atoms with Crippen LogP contribution in [0.15, 0.2) is 40.5 Å². The fourth-order valence-electron chi connectivity index (χ4n) is 5.03. The van der Waals surface area contributed by atoms with E-state index in [1.807, 2.05) is 11.4 Å². The molecule has 1 aromatic carbocycles. The number of hydrogen-bond acceptors (Lipinski definition) is 5. The fraction of sp³-hybridized carbons (Fsp3) is 0.480. The van der Waals surface area contributed by atoms with Crippen LogP contribution < -0.4 is 15.8 Å². The van der Waals surface area contributed by atoms with Gasteiger partial charge in [0.25, 0.3) is 5.56 Å². The molecule has 3 aromatic rings. The first-order valence-corrected chi connectivity index (χ1v) is 12.7. The number of aromatic nitrogens is 2. The van der Waals surface area contributed by atoms with Crippen molar-refractivity contribution < 1.29 is 9.18 Å². The van der Waals surface area contributed by atoms with Gasteiger partial charge in [-0.1, -0.05) is 31.4 Å². The summed E-state index contributed by atoms with van der Waals surface area (Å²) in [5.41, 5.74) is 1.42. The van der Waals surface area contributed by atoms with Gasteiger partial charge in [-0.05, 0) is 54.8 Å². The van der Waals surface area contributed by atoms with Crippen molar-refractivity contribution in [3.05, 3.63) is 57.4 Å². The summed E-state index contributed by atoms with van der Waals surface area (Å²) in [6.07, 6.45) is 7.47. The summed E-state index contributed by atoms with van der Waals surface area (Å²) in [5.74, 6) is 0.289. The molecular weight excluding hydrogens is 439 g/mol. The first-order valence-electron chi connectivity index (χ1n) is 11.9. The van der Waals surface area contributed by atoms with E-state index in [2.05, 4.69) is 10.2 Å². The number of anilines is 1. The summed E-state index contributed by atoms with van der Waals surface area (Å²) in [4.78, 5) is 33.3. The van der Waals surface area contributed by atoms with Gasteiger partial charge in [-0.3, -0.25) is 14.2 Å². The van der Waals surface area contributed by atoms with Crippen molar-refractivity contribution in [2.45, 2.75) is 57.5 Å². The van der Waals surface area contributed by atoms with Crippen LogP contribution in [-0.4, -0.2) is 34.6 Å². The van der Waals surface area contributed by atoms with Crippen LogP contribution in [0.1, 0.15) is 50.5 Å². The molecule has 1 atom stereocenters. The number of rotatable bonds is 5. The molecule has 5 rings (SSSR count). The monoisotopic (exact) mass is 468 g/mol. The summed E-state index contributed by atoms with van der Waals surface area (Å²) in [5, 5.41) is 5.15. The highest BCUT2D eigenvalue weighted by Crippen LogP contribution is 2.26. The quantitative estimate of drug-likeness (QED) is 0.606. The predicted octanol–water partition coefficient (Wildman–Crippen LogP) is 4.31. The van der Waals surface area contributed by atoms with Crippen molar-refractivity contribution in [2.75, 3.05) is 18.0 Å². The van der Waals surface area contributed by atoms with Gasteiger partial charge in [-0.15, -0.1) is 11.3 Å². The molecule has 0 unspecified atom stereocenters. The Morgan fingerprint density at radius 3 is 2.67 bits per heavy atom. The van der Waals surface area contributed by atoms with Gasteiger partial charge in [0.15, 0.2) is 0 Å². The molecule has 1 N–H and O–H groups in total. The second-order valence-electron chi connectivity index (χ2n) is 9.19. The van der Waals surface area contributed by atoms with E-state index >= 15 is 0 Å². The zero-order chi connectivity index (χ0) is 22.8. The normalized spacial score (nSPS) is 19.7. The highest BCUT2D eigenvalue weighted by Gasteiger charge is 2.30. The second kappa shape index (κ2) is 9.63. The summed E-state index contributed by atoms with van der Waals surface area (Å²) in [6.45, 7) is 1.60. The minimum atomic E-state index is -0.305.